The van der Waals surface area contributed by atoms with Crippen molar-refractivity contribution in [3.63, 3.8) is 0 Å². The molecule has 0 fully saturated rings. The average molecular weight is 288 g/mol. The summed E-state index contributed by atoms with van der Waals surface area (Å²) in [4.78, 5) is 4.49. The topological polar surface area (TPSA) is 34.1 Å². The number of anilines is 2. The Labute approximate surface area is 120 Å². The molecule has 0 aliphatic heterocycles. The van der Waals surface area contributed by atoms with Crippen LogP contribution >= 0.6 is 11.3 Å². The molecule has 0 atom stereocenters. The monoisotopic (exact) mass is 288 g/mol. The molecule has 2 aromatic carbocycles. The largest absolute Gasteiger partial charge is 0.494 e. The number of aromatic nitrogens is 1. The molecular formula is C15H13FN2OS. The normalized spacial score (nSPS) is 10.7. The van der Waals surface area contributed by atoms with E-state index >= 15 is 0 Å². The van der Waals surface area contributed by atoms with E-state index in [9.17, 15) is 4.39 Å². The third-order valence-electron chi connectivity index (χ3n) is 2.77. The molecule has 0 radical (unpaired) electrons. The predicted octanol–water partition coefficient (Wildman–Crippen LogP) is 4.58. The highest BCUT2D eigenvalue weighted by Gasteiger charge is 2.05. The summed E-state index contributed by atoms with van der Waals surface area (Å²) in [6, 6.07) is 12.0. The summed E-state index contributed by atoms with van der Waals surface area (Å²) >= 11 is 1.54. The van der Waals surface area contributed by atoms with Crippen molar-refractivity contribution in [3.05, 3.63) is 48.3 Å². The highest BCUT2D eigenvalue weighted by Crippen LogP contribution is 2.30. The number of rotatable bonds is 4. The van der Waals surface area contributed by atoms with Crippen LogP contribution in [-0.2, 0) is 0 Å². The van der Waals surface area contributed by atoms with Gasteiger partial charge in [0.2, 0.25) is 0 Å². The second-order valence-electron chi connectivity index (χ2n) is 4.21. The highest BCUT2D eigenvalue weighted by molar-refractivity contribution is 7.22. The summed E-state index contributed by atoms with van der Waals surface area (Å²) in [6.45, 7) is 2.60. The molecule has 1 heterocycles. The zero-order chi connectivity index (χ0) is 13.9. The van der Waals surface area contributed by atoms with Gasteiger partial charge in [-0.1, -0.05) is 11.3 Å². The fraction of sp³-hybridized carbons (Fsp3) is 0.133. The molecule has 0 unspecified atom stereocenters. The van der Waals surface area contributed by atoms with Gasteiger partial charge < -0.3 is 10.1 Å². The molecule has 20 heavy (non-hydrogen) atoms. The van der Waals surface area contributed by atoms with Crippen LogP contribution in [0, 0.1) is 5.82 Å². The Morgan fingerprint density at radius 3 is 2.75 bits per heavy atom. The van der Waals surface area contributed by atoms with E-state index in [0.717, 1.165) is 26.8 Å². The van der Waals surface area contributed by atoms with E-state index in [0.29, 0.717) is 6.61 Å². The first kappa shape index (κ1) is 12.9. The van der Waals surface area contributed by atoms with E-state index in [1.165, 1.54) is 12.1 Å². The van der Waals surface area contributed by atoms with Crippen molar-refractivity contribution in [2.75, 3.05) is 11.9 Å². The number of benzene rings is 2. The Balaban J connectivity index is 1.86. The molecule has 1 N–H and O–H groups in total. The number of nitrogens with one attached hydrogen (secondary N) is 1. The van der Waals surface area contributed by atoms with E-state index in [4.69, 9.17) is 4.74 Å². The van der Waals surface area contributed by atoms with Crippen LogP contribution < -0.4 is 10.1 Å². The number of ether oxygens (including phenoxy) is 1. The first-order valence-electron chi connectivity index (χ1n) is 6.30. The van der Waals surface area contributed by atoms with Gasteiger partial charge in [-0.25, -0.2) is 9.37 Å². The van der Waals surface area contributed by atoms with Crippen LogP contribution in [0.4, 0.5) is 15.2 Å². The number of hydrogen-bond donors (Lipinski definition) is 1. The molecule has 0 saturated heterocycles. The molecule has 3 nitrogen and oxygen atoms in total. The second-order valence-corrected chi connectivity index (χ2v) is 5.24. The lowest BCUT2D eigenvalue weighted by Crippen LogP contribution is -1.90. The Morgan fingerprint density at radius 2 is 2.00 bits per heavy atom. The maximum Gasteiger partial charge on any atom is 0.188 e. The minimum atomic E-state index is -0.249. The van der Waals surface area contributed by atoms with Gasteiger partial charge >= 0.3 is 0 Å². The van der Waals surface area contributed by atoms with E-state index < -0.39 is 0 Å². The first-order valence-corrected chi connectivity index (χ1v) is 7.12. The number of fused-ring (bicyclic) bond motifs is 1. The summed E-state index contributed by atoms with van der Waals surface area (Å²) in [7, 11) is 0. The fourth-order valence-corrected chi connectivity index (χ4v) is 2.79. The number of hydrogen-bond acceptors (Lipinski definition) is 4. The van der Waals surface area contributed by atoms with Crippen molar-refractivity contribution >= 4 is 32.4 Å². The summed E-state index contributed by atoms with van der Waals surface area (Å²) in [5.74, 6) is 0.596. The molecule has 5 heteroatoms. The lowest BCUT2D eigenvalue weighted by atomic mass is 10.3. The molecule has 0 aliphatic rings. The van der Waals surface area contributed by atoms with Crippen molar-refractivity contribution in [2.45, 2.75) is 6.92 Å². The van der Waals surface area contributed by atoms with E-state index in [1.807, 2.05) is 25.1 Å². The van der Waals surface area contributed by atoms with Crippen LogP contribution in [0.1, 0.15) is 6.92 Å². The van der Waals surface area contributed by atoms with Crippen molar-refractivity contribution < 1.29 is 9.13 Å². The van der Waals surface area contributed by atoms with Gasteiger partial charge in [-0.2, -0.15) is 0 Å². The van der Waals surface area contributed by atoms with Crippen molar-refractivity contribution in [2.24, 2.45) is 0 Å². The lowest BCUT2D eigenvalue weighted by Gasteiger charge is -2.00. The quantitative estimate of drug-likeness (QED) is 0.763. The molecule has 0 aliphatic carbocycles. The fourth-order valence-electron chi connectivity index (χ4n) is 1.87. The third-order valence-corrected chi connectivity index (χ3v) is 3.70. The van der Waals surface area contributed by atoms with Crippen LogP contribution in [0.5, 0.6) is 5.75 Å². The second kappa shape index (κ2) is 5.46. The van der Waals surface area contributed by atoms with Gasteiger partial charge in [0.15, 0.2) is 5.13 Å². The summed E-state index contributed by atoms with van der Waals surface area (Å²) in [5.41, 5.74) is 1.73. The van der Waals surface area contributed by atoms with Crippen LogP contribution in [-0.4, -0.2) is 11.6 Å². The zero-order valence-electron chi connectivity index (χ0n) is 10.9. The highest BCUT2D eigenvalue weighted by atomic mass is 32.1. The van der Waals surface area contributed by atoms with Gasteiger partial charge in [0.05, 0.1) is 16.8 Å². The lowest BCUT2D eigenvalue weighted by molar-refractivity contribution is 0.341. The standard InChI is InChI=1S/C15H13FN2OS/c1-2-19-12-7-8-13-14(9-12)20-15(18-13)17-11-5-3-10(16)4-6-11/h3-9H,2H2,1H3,(H,17,18). The smallest absolute Gasteiger partial charge is 0.188 e. The maximum atomic E-state index is 12.9. The molecular weight excluding hydrogens is 275 g/mol. The molecule has 3 aromatic rings. The van der Waals surface area contributed by atoms with Gasteiger partial charge in [0.1, 0.15) is 11.6 Å². The summed E-state index contributed by atoms with van der Waals surface area (Å²) in [5, 5.41) is 3.95. The predicted molar refractivity (Wildman–Crippen MR) is 80.5 cm³/mol. The minimum Gasteiger partial charge on any atom is -0.494 e. The molecule has 0 bridgehead atoms. The zero-order valence-corrected chi connectivity index (χ0v) is 11.7. The number of thiazole rings is 1. The maximum absolute atomic E-state index is 12.9. The first-order chi connectivity index (χ1) is 9.74. The Morgan fingerprint density at radius 1 is 1.20 bits per heavy atom. The number of halogens is 1. The molecule has 0 saturated carbocycles. The van der Waals surface area contributed by atoms with E-state index in [-0.39, 0.29) is 5.82 Å². The molecule has 0 amide bonds. The van der Waals surface area contributed by atoms with Gasteiger partial charge in [0.25, 0.3) is 0 Å². The van der Waals surface area contributed by atoms with Crippen LogP contribution in [0.25, 0.3) is 10.2 Å². The van der Waals surface area contributed by atoms with Crippen molar-refractivity contribution in [1.29, 1.82) is 0 Å². The van der Waals surface area contributed by atoms with Gasteiger partial charge in [-0.3, -0.25) is 0 Å². The summed E-state index contributed by atoms with van der Waals surface area (Å²) in [6.07, 6.45) is 0. The van der Waals surface area contributed by atoms with Gasteiger partial charge in [0, 0.05) is 5.69 Å². The van der Waals surface area contributed by atoms with Crippen molar-refractivity contribution in [1.82, 2.24) is 4.98 Å². The van der Waals surface area contributed by atoms with Crippen LogP contribution in [0.15, 0.2) is 42.5 Å². The average Bonchev–Trinajstić information content (AvgIpc) is 2.83. The van der Waals surface area contributed by atoms with Crippen molar-refractivity contribution in [3.8, 4) is 5.75 Å². The Hall–Kier alpha value is -2.14. The molecule has 3 rings (SSSR count). The van der Waals surface area contributed by atoms with Crippen LogP contribution in [0.2, 0.25) is 0 Å². The van der Waals surface area contributed by atoms with Crippen LogP contribution in [0.3, 0.4) is 0 Å². The van der Waals surface area contributed by atoms with Gasteiger partial charge in [-0.05, 0) is 49.4 Å². The molecule has 1 aromatic heterocycles. The van der Waals surface area contributed by atoms with E-state index in [1.54, 1.807) is 23.5 Å². The molecule has 0 spiro atoms. The van der Waals surface area contributed by atoms with Gasteiger partial charge in [-0.15, -0.1) is 0 Å². The summed E-state index contributed by atoms with van der Waals surface area (Å²) < 4.78 is 19.4. The number of nitrogens with zero attached hydrogens (tertiary/aromatic N) is 1. The van der Waals surface area contributed by atoms with E-state index in [2.05, 4.69) is 10.3 Å². The minimum absolute atomic E-state index is 0.249. The Kier molecular flexibility index (Phi) is 3.52. The molecule has 102 valence electrons. The Bertz CT molecular complexity index is 724. The third kappa shape index (κ3) is 2.72. The SMILES string of the molecule is CCOc1ccc2nc(Nc3ccc(F)cc3)sc2c1.